The highest BCUT2D eigenvalue weighted by Crippen LogP contribution is 2.22. The molecule has 0 aliphatic rings. The minimum absolute atomic E-state index is 0.790. The summed E-state index contributed by atoms with van der Waals surface area (Å²) in [5, 5.41) is 7.75. The van der Waals surface area contributed by atoms with E-state index in [1.54, 1.807) is 24.9 Å². The fourth-order valence-electron chi connectivity index (χ4n) is 1.66. The molecule has 0 radical (unpaired) electrons. The van der Waals surface area contributed by atoms with Crippen molar-refractivity contribution in [1.29, 1.82) is 0 Å². The smallest absolute Gasteiger partial charge is 0.155 e. The van der Waals surface area contributed by atoms with Crippen LogP contribution in [0.15, 0.2) is 31.0 Å². The zero-order valence-corrected chi connectivity index (χ0v) is 8.68. The molecule has 5 heteroatoms. The van der Waals surface area contributed by atoms with Crippen LogP contribution in [0.1, 0.15) is 5.69 Å². The van der Waals surface area contributed by atoms with Crippen molar-refractivity contribution >= 4 is 11.0 Å². The number of hydrogen-bond acceptors (Lipinski definition) is 4. The predicted octanol–water partition coefficient (Wildman–Crippen LogP) is 1.72. The van der Waals surface area contributed by atoms with Gasteiger partial charge in [-0.05, 0) is 13.0 Å². The number of fused-ring (bicyclic) bond motifs is 1. The van der Waals surface area contributed by atoms with Gasteiger partial charge in [0.25, 0.3) is 0 Å². The topological polar surface area (TPSA) is 67.3 Å². The van der Waals surface area contributed by atoms with E-state index in [0.29, 0.717) is 0 Å². The molecule has 0 aliphatic heterocycles. The SMILES string of the molecule is Cc1ncncc1-c1cnc2[nH]ncc2c1. The molecule has 3 rings (SSSR count). The van der Waals surface area contributed by atoms with E-state index in [1.807, 2.05) is 13.0 Å². The molecule has 0 unspecified atom stereocenters. The van der Waals surface area contributed by atoms with E-state index in [4.69, 9.17) is 0 Å². The molecule has 0 saturated heterocycles. The lowest BCUT2D eigenvalue weighted by atomic mass is 10.1. The van der Waals surface area contributed by atoms with Crippen LogP contribution in [0.25, 0.3) is 22.2 Å². The molecule has 0 atom stereocenters. The molecule has 3 heterocycles. The molecule has 0 aliphatic carbocycles. The van der Waals surface area contributed by atoms with Gasteiger partial charge in [0.2, 0.25) is 0 Å². The Bertz CT molecular complexity index is 643. The van der Waals surface area contributed by atoms with Gasteiger partial charge < -0.3 is 0 Å². The Morgan fingerprint density at radius 2 is 2.06 bits per heavy atom. The average molecular weight is 211 g/mol. The van der Waals surface area contributed by atoms with Crippen LogP contribution in [-0.2, 0) is 0 Å². The normalized spacial score (nSPS) is 10.8. The summed E-state index contributed by atoms with van der Waals surface area (Å²) in [6.07, 6.45) is 6.89. The van der Waals surface area contributed by atoms with Gasteiger partial charge in [0.1, 0.15) is 6.33 Å². The van der Waals surface area contributed by atoms with Gasteiger partial charge in [-0.15, -0.1) is 0 Å². The van der Waals surface area contributed by atoms with E-state index < -0.39 is 0 Å². The Hall–Kier alpha value is -2.30. The molecule has 3 aromatic heterocycles. The van der Waals surface area contributed by atoms with Crippen LogP contribution in [0, 0.1) is 6.92 Å². The number of aromatic amines is 1. The van der Waals surface area contributed by atoms with E-state index in [1.165, 1.54) is 0 Å². The van der Waals surface area contributed by atoms with Crippen LogP contribution in [0.4, 0.5) is 0 Å². The number of aryl methyl sites for hydroxylation is 1. The average Bonchev–Trinajstić information content (AvgIpc) is 2.76. The van der Waals surface area contributed by atoms with E-state index in [9.17, 15) is 0 Å². The minimum Gasteiger partial charge on any atom is -0.261 e. The lowest BCUT2D eigenvalue weighted by molar-refractivity contribution is 1.09. The number of pyridine rings is 1. The first-order chi connectivity index (χ1) is 7.84. The molecule has 78 valence electrons. The maximum absolute atomic E-state index is 4.29. The summed E-state index contributed by atoms with van der Waals surface area (Å²) < 4.78 is 0. The highest BCUT2D eigenvalue weighted by molar-refractivity contribution is 5.80. The number of aromatic nitrogens is 5. The van der Waals surface area contributed by atoms with Gasteiger partial charge in [-0.3, -0.25) is 5.10 Å². The Morgan fingerprint density at radius 1 is 1.12 bits per heavy atom. The van der Waals surface area contributed by atoms with Gasteiger partial charge in [0.05, 0.1) is 6.20 Å². The minimum atomic E-state index is 0.790. The van der Waals surface area contributed by atoms with Gasteiger partial charge in [-0.2, -0.15) is 5.10 Å². The summed E-state index contributed by atoms with van der Waals surface area (Å²) in [5.41, 5.74) is 3.74. The van der Waals surface area contributed by atoms with E-state index in [2.05, 4.69) is 25.1 Å². The van der Waals surface area contributed by atoms with Crippen LogP contribution < -0.4 is 0 Å². The molecule has 0 aromatic carbocycles. The Morgan fingerprint density at radius 3 is 2.94 bits per heavy atom. The molecule has 5 nitrogen and oxygen atoms in total. The number of hydrogen-bond donors (Lipinski definition) is 1. The lowest BCUT2D eigenvalue weighted by Crippen LogP contribution is -1.89. The number of nitrogens with zero attached hydrogens (tertiary/aromatic N) is 4. The van der Waals surface area contributed by atoms with Crippen LogP contribution >= 0.6 is 0 Å². The molecular weight excluding hydrogens is 202 g/mol. The second kappa shape index (κ2) is 3.37. The molecule has 1 N–H and O–H groups in total. The first kappa shape index (κ1) is 8.96. The van der Waals surface area contributed by atoms with Crippen LogP contribution in [0.3, 0.4) is 0 Å². The zero-order chi connectivity index (χ0) is 11.0. The van der Waals surface area contributed by atoms with Gasteiger partial charge in [0, 0.05) is 34.6 Å². The summed E-state index contributed by atoms with van der Waals surface area (Å²) in [4.78, 5) is 12.5. The number of H-pyrrole nitrogens is 1. The van der Waals surface area contributed by atoms with E-state index in [-0.39, 0.29) is 0 Å². The highest BCUT2D eigenvalue weighted by Gasteiger charge is 2.05. The molecule has 0 saturated carbocycles. The highest BCUT2D eigenvalue weighted by atomic mass is 15.1. The number of nitrogens with one attached hydrogen (secondary N) is 1. The van der Waals surface area contributed by atoms with Crippen molar-refractivity contribution < 1.29 is 0 Å². The standard InChI is InChI=1S/C11H9N5/c1-7-10(5-12-6-14-7)8-2-9-4-15-16-11(9)13-3-8/h2-6H,1H3,(H,13,15,16). The van der Waals surface area contributed by atoms with Crippen molar-refractivity contribution in [1.82, 2.24) is 25.1 Å². The third-order valence-electron chi connectivity index (χ3n) is 2.51. The van der Waals surface area contributed by atoms with Crippen LogP contribution in [0.2, 0.25) is 0 Å². The quantitative estimate of drug-likeness (QED) is 0.665. The van der Waals surface area contributed by atoms with E-state index >= 15 is 0 Å². The summed E-state index contributed by atoms with van der Waals surface area (Å²) >= 11 is 0. The van der Waals surface area contributed by atoms with Crippen molar-refractivity contribution in [3.05, 3.63) is 36.7 Å². The molecule has 0 spiro atoms. The molecule has 0 amide bonds. The molecule has 0 fully saturated rings. The van der Waals surface area contributed by atoms with Crippen molar-refractivity contribution in [3.8, 4) is 11.1 Å². The Labute approximate surface area is 91.6 Å². The first-order valence-electron chi connectivity index (χ1n) is 4.91. The van der Waals surface area contributed by atoms with Crippen LogP contribution in [-0.4, -0.2) is 25.1 Å². The first-order valence-corrected chi connectivity index (χ1v) is 4.91. The molecular formula is C11H9N5. The Balaban J connectivity index is 2.22. The van der Waals surface area contributed by atoms with Crippen molar-refractivity contribution in [3.63, 3.8) is 0 Å². The largest absolute Gasteiger partial charge is 0.261 e. The summed E-state index contributed by atoms with van der Waals surface area (Å²) in [6.45, 7) is 1.95. The van der Waals surface area contributed by atoms with Crippen molar-refractivity contribution in [2.45, 2.75) is 6.92 Å². The maximum atomic E-state index is 4.29. The van der Waals surface area contributed by atoms with Gasteiger partial charge in [-0.25, -0.2) is 15.0 Å². The lowest BCUT2D eigenvalue weighted by Gasteiger charge is -2.02. The third-order valence-corrected chi connectivity index (χ3v) is 2.51. The van der Waals surface area contributed by atoms with Gasteiger partial charge >= 0.3 is 0 Å². The fraction of sp³-hybridized carbons (Fsp3) is 0.0909. The third kappa shape index (κ3) is 1.33. The maximum Gasteiger partial charge on any atom is 0.155 e. The Kier molecular flexibility index (Phi) is 1.89. The van der Waals surface area contributed by atoms with E-state index in [0.717, 1.165) is 27.9 Å². The van der Waals surface area contributed by atoms with Gasteiger partial charge in [0.15, 0.2) is 5.65 Å². The van der Waals surface area contributed by atoms with Gasteiger partial charge in [-0.1, -0.05) is 0 Å². The fourth-order valence-corrected chi connectivity index (χ4v) is 1.66. The molecule has 3 aromatic rings. The van der Waals surface area contributed by atoms with Crippen LogP contribution in [0.5, 0.6) is 0 Å². The number of rotatable bonds is 1. The monoisotopic (exact) mass is 211 g/mol. The second-order valence-electron chi connectivity index (χ2n) is 3.55. The molecule has 0 bridgehead atoms. The summed E-state index contributed by atoms with van der Waals surface area (Å²) in [5.74, 6) is 0. The summed E-state index contributed by atoms with van der Waals surface area (Å²) in [7, 11) is 0. The predicted molar refractivity (Wildman–Crippen MR) is 59.7 cm³/mol. The molecule has 16 heavy (non-hydrogen) atoms. The zero-order valence-electron chi connectivity index (χ0n) is 8.68. The summed E-state index contributed by atoms with van der Waals surface area (Å²) in [6, 6.07) is 2.03. The van der Waals surface area contributed by atoms with Crippen molar-refractivity contribution in [2.24, 2.45) is 0 Å². The second-order valence-corrected chi connectivity index (χ2v) is 3.55. The van der Waals surface area contributed by atoms with Crippen molar-refractivity contribution in [2.75, 3.05) is 0 Å².